The summed E-state index contributed by atoms with van der Waals surface area (Å²) in [4.78, 5) is 10.7. The molecule has 6 heteroatoms. The van der Waals surface area contributed by atoms with Crippen molar-refractivity contribution in [3.63, 3.8) is 0 Å². The zero-order chi connectivity index (χ0) is 17.0. The molecule has 2 aromatic rings. The third-order valence-corrected chi connectivity index (χ3v) is 3.24. The van der Waals surface area contributed by atoms with E-state index in [-0.39, 0.29) is 17.8 Å². The molecule has 1 aromatic carbocycles. The van der Waals surface area contributed by atoms with Gasteiger partial charge in [0.25, 0.3) is 0 Å². The van der Waals surface area contributed by atoms with Crippen LogP contribution in [0, 0.1) is 16.7 Å². The van der Waals surface area contributed by atoms with Crippen LogP contribution in [0.4, 0.5) is 0 Å². The molecule has 2 rings (SSSR count). The Bertz CT molecular complexity index is 776. The van der Waals surface area contributed by atoms with E-state index in [1.165, 1.54) is 4.57 Å². The Kier molecular flexibility index (Phi) is 4.95. The number of aliphatic carboxylic acids is 1. The predicted octanol–water partition coefficient (Wildman–Crippen LogP) is 2.87. The van der Waals surface area contributed by atoms with Gasteiger partial charge in [-0.05, 0) is 29.8 Å². The van der Waals surface area contributed by atoms with Crippen LogP contribution >= 0.6 is 0 Å². The third kappa shape index (κ3) is 4.29. The molecule has 6 nitrogen and oxygen atoms in total. The molecule has 3 N–H and O–H groups in total. The van der Waals surface area contributed by atoms with E-state index in [2.05, 4.69) is 0 Å². The second-order valence-corrected chi connectivity index (χ2v) is 5.48. The summed E-state index contributed by atoms with van der Waals surface area (Å²) in [5.74, 6) is 0.515. The van der Waals surface area contributed by atoms with Crippen molar-refractivity contribution in [2.45, 2.75) is 20.3 Å². The lowest BCUT2D eigenvalue weighted by atomic mass is 10.1. The topological polar surface area (TPSA) is 99.2 Å². The molecular formula is C17H19N3O3. The van der Waals surface area contributed by atoms with E-state index in [0.29, 0.717) is 22.9 Å². The minimum absolute atomic E-state index is 0.00495. The van der Waals surface area contributed by atoms with E-state index in [1.54, 1.807) is 42.6 Å². The Labute approximate surface area is 134 Å². The largest absolute Gasteiger partial charge is 0.481 e. The number of pyridine rings is 1. The number of hydrogen-bond donors (Lipinski definition) is 3. The first kappa shape index (κ1) is 16.5. The standard InChI is InChI=1S/C17H19N3O3/c1-11(2)17(19)20-10-14(7-8-15(20)18)23-13-5-3-12(4-6-13)9-16(21)22/h3-8,10-11,18-19H,9H2,1-2H3,(H,21,22). The summed E-state index contributed by atoms with van der Waals surface area (Å²) in [6.45, 7) is 3.78. The summed E-state index contributed by atoms with van der Waals surface area (Å²) >= 11 is 0. The number of hydrogen-bond acceptors (Lipinski definition) is 4. The Morgan fingerprint density at radius 1 is 1.17 bits per heavy atom. The zero-order valence-corrected chi connectivity index (χ0v) is 13.0. The van der Waals surface area contributed by atoms with Crippen molar-refractivity contribution in [2.24, 2.45) is 5.92 Å². The van der Waals surface area contributed by atoms with E-state index in [4.69, 9.17) is 20.7 Å². The van der Waals surface area contributed by atoms with Crippen molar-refractivity contribution in [3.8, 4) is 11.5 Å². The minimum Gasteiger partial charge on any atom is -0.481 e. The van der Waals surface area contributed by atoms with Crippen LogP contribution in [0.5, 0.6) is 11.5 Å². The lowest BCUT2D eigenvalue weighted by Crippen LogP contribution is -2.28. The SMILES string of the molecule is CC(C)C(=N)n1cc(Oc2ccc(CC(=O)O)cc2)ccc1=N. The van der Waals surface area contributed by atoms with Crippen molar-refractivity contribution in [3.05, 3.63) is 53.6 Å². The fraction of sp³-hybridized carbons (Fsp3) is 0.235. The highest BCUT2D eigenvalue weighted by atomic mass is 16.5. The van der Waals surface area contributed by atoms with Crippen LogP contribution in [0.15, 0.2) is 42.6 Å². The molecule has 1 aromatic heterocycles. The van der Waals surface area contributed by atoms with Crippen LogP contribution in [-0.2, 0) is 11.2 Å². The Morgan fingerprint density at radius 3 is 2.35 bits per heavy atom. The second kappa shape index (κ2) is 6.91. The molecule has 0 aliphatic rings. The lowest BCUT2D eigenvalue weighted by Gasteiger charge is -2.13. The fourth-order valence-corrected chi connectivity index (χ4v) is 2.01. The molecule has 1 heterocycles. The molecule has 0 aliphatic carbocycles. The van der Waals surface area contributed by atoms with E-state index < -0.39 is 5.97 Å². The molecule has 0 bridgehead atoms. The van der Waals surface area contributed by atoms with Gasteiger partial charge in [0.1, 0.15) is 22.8 Å². The van der Waals surface area contributed by atoms with Crippen LogP contribution in [0.3, 0.4) is 0 Å². The first-order valence-electron chi connectivity index (χ1n) is 7.21. The number of nitrogens with zero attached hydrogens (tertiary/aromatic N) is 1. The predicted molar refractivity (Wildman–Crippen MR) is 86.1 cm³/mol. The van der Waals surface area contributed by atoms with E-state index in [1.807, 2.05) is 13.8 Å². The van der Waals surface area contributed by atoms with Crippen LogP contribution < -0.4 is 10.2 Å². The molecule has 23 heavy (non-hydrogen) atoms. The van der Waals surface area contributed by atoms with Gasteiger partial charge in [-0.15, -0.1) is 0 Å². The maximum Gasteiger partial charge on any atom is 0.307 e. The van der Waals surface area contributed by atoms with Gasteiger partial charge in [0.15, 0.2) is 0 Å². The molecule has 0 saturated carbocycles. The summed E-state index contributed by atoms with van der Waals surface area (Å²) in [6, 6.07) is 10.0. The minimum atomic E-state index is -0.877. The summed E-state index contributed by atoms with van der Waals surface area (Å²) in [7, 11) is 0. The number of benzene rings is 1. The summed E-state index contributed by atoms with van der Waals surface area (Å²) in [6.07, 6.45) is 1.58. The van der Waals surface area contributed by atoms with Gasteiger partial charge in [0.2, 0.25) is 0 Å². The van der Waals surface area contributed by atoms with Gasteiger partial charge in [0, 0.05) is 5.92 Å². The van der Waals surface area contributed by atoms with Gasteiger partial charge in [0.05, 0.1) is 12.6 Å². The summed E-state index contributed by atoms with van der Waals surface area (Å²) < 4.78 is 7.19. The average Bonchev–Trinajstić information content (AvgIpc) is 2.50. The molecule has 0 amide bonds. The molecule has 0 aliphatic heterocycles. The van der Waals surface area contributed by atoms with Gasteiger partial charge < -0.3 is 9.84 Å². The summed E-state index contributed by atoms with van der Waals surface area (Å²) in [5, 5.41) is 24.7. The van der Waals surface area contributed by atoms with Crippen molar-refractivity contribution < 1.29 is 14.6 Å². The Hall–Kier alpha value is -2.89. The van der Waals surface area contributed by atoms with E-state index in [9.17, 15) is 4.79 Å². The fourth-order valence-electron chi connectivity index (χ4n) is 2.01. The van der Waals surface area contributed by atoms with Crippen molar-refractivity contribution in [2.75, 3.05) is 0 Å². The number of ether oxygens (including phenoxy) is 1. The maximum atomic E-state index is 10.7. The van der Waals surface area contributed by atoms with Gasteiger partial charge in [-0.3, -0.25) is 20.2 Å². The molecular weight excluding hydrogens is 294 g/mol. The van der Waals surface area contributed by atoms with E-state index >= 15 is 0 Å². The first-order chi connectivity index (χ1) is 10.9. The zero-order valence-electron chi connectivity index (χ0n) is 13.0. The highest BCUT2D eigenvalue weighted by Gasteiger charge is 2.08. The van der Waals surface area contributed by atoms with Crippen LogP contribution in [0.25, 0.3) is 0 Å². The van der Waals surface area contributed by atoms with Crippen LogP contribution in [0.2, 0.25) is 0 Å². The first-order valence-corrected chi connectivity index (χ1v) is 7.21. The number of carboxylic acids is 1. The maximum absolute atomic E-state index is 10.7. The number of carboxylic acid groups (broad SMARTS) is 1. The van der Waals surface area contributed by atoms with Crippen molar-refractivity contribution in [1.29, 1.82) is 10.8 Å². The monoisotopic (exact) mass is 313 g/mol. The van der Waals surface area contributed by atoms with Crippen LogP contribution in [0.1, 0.15) is 19.4 Å². The molecule has 0 atom stereocenters. The average molecular weight is 313 g/mol. The van der Waals surface area contributed by atoms with Gasteiger partial charge >= 0.3 is 5.97 Å². The molecule has 0 unspecified atom stereocenters. The highest BCUT2D eigenvalue weighted by Crippen LogP contribution is 2.21. The lowest BCUT2D eigenvalue weighted by molar-refractivity contribution is -0.136. The van der Waals surface area contributed by atoms with E-state index in [0.717, 1.165) is 0 Å². The van der Waals surface area contributed by atoms with Gasteiger partial charge in [-0.25, -0.2) is 0 Å². The number of carbonyl (C=O) groups is 1. The number of rotatable bonds is 5. The third-order valence-electron chi connectivity index (χ3n) is 3.24. The quantitative estimate of drug-likeness (QED) is 0.584. The Balaban J connectivity index is 2.20. The van der Waals surface area contributed by atoms with Crippen LogP contribution in [-0.4, -0.2) is 21.5 Å². The molecule has 120 valence electrons. The normalized spacial score (nSPS) is 10.6. The molecule has 0 spiro atoms. The number of aromatic nitrogens is 1. The van der Waals surface area contributed by atoms with Gasteiger partial charge in [-0.1, -0.05) is 26.0 Å². The Morgan fingerprint density at radius 2 is 1.78 bits per heavy atom. The number of nitrogens with one attached hydrogen (secondary N) is 2. The smallest absolute Gasteiger partial charge is 0.307 e. The van der Waals surface area contributed by atoms with Crippen molar-refractivity contribution >= 4 is 11.8 Å². The molecule has 0 fully saturated rings. The highest BCUT2D eigenvalue weighted by molar-refractivity contribution is 5.83. The second-order valence-electron chi connectivity index (χ2n) is 5.48. The summed E-state index contributed by atoms with van der Waals surface area (Å²) in [5.41, 5.74) is 0.913. The van der Waals surface area contributed by atoms with Gasteiger partial charge in [-0.2, -0.15) is 0 Å². The molecule has 0 saturated heterocycles. The molecule has 0 radical (unpaired) electrons. The van der Waals surface area contributed by atoms with Crippen molar-refractivity contribution in [1.82, 2.24) is 4.57 Å².